The summed E-state index contributed by atoms with van der Waals surface area (Å²) in [4.78, 5) is 2.28. The Kier molecular flexibility index (Phi) is 5.69. The fraction of sp³-hybridized carbons (Fsp3) is 0.474. The molecule has 2 aromatic rings. The lowest BCUT2D eigenvalue weighted by molar-refractivity contribution is 0.0581. The molecule has 2 atom stereocenters. The SMILES string of the molecule is Cc1cc([C@@H]2CCCN(C[C@@H](O)COc3ccc(C#N)cc3)C2)n[nH]1. The molecule has 6 heteroatoms. The van der Waals surface area contributed by atoms with Crippen molar-refractivity contribution in [2.45, 2.75) is 31.8 Å². The molecule has 0 saturated carbocycles. The van der Waals surface area contributed by atoms with Gasteiger partial charge in [-0.1, -0.05) is 0 Å². The summed E-state index contributed by atoms with van der Waals surface area (Å²) in [5.74, 6) is 1.09. The molecule has 0 spiro atoms. The van der Waals surface area contributed by atoms with Gasteiger partial charge in [0.2, 0.25) is 0 Å². The van der Waals surface area contributed by atoms with Gasteiger partial charge in [0, 0.05) is 24.7 Å². The summed E-state index contributed by atoms with van der Waals surface area (Å²) in [7, 11) is 0. The van der Waals surface area contributed by atoms with E-state index < -0.39 is 6.10 Å². The lowest BCUT2D eigenvalue weighted by Crippen LogP contribution is -2.41. The van der Waals surface area contributed by atoms with Gasteiger partial charge in [0.15, 0.2) is 0 Å². The fourth-order valence-electron chi connectivity index (χ4n) is 3.28. The average Bonchev–Trinajstić information content (AvgIpc) is 3.07. The Morgan fingerprint density at radius 1 is 1.44 bits per heavy atom. The maximum atomic E-state index is 10.3. The van der Waals surface area contributed by atoms with Crippen LogP contribution in [0.3, 0.4) is 0 Å². The van der Waals surface area contributed by atoms with Crippen LogP contribution in [0.5, 0.6) is 5.75 Å². The monoisotopic (exact) mass is 340 g/mol. The Balaban J connectivity index is 1.47. The Labute approximate surface area is 148 Å². The molecule has 1 aliphatic heterocycles. The molecular weight excluding hydrogens is 316 g/mol. The number of aryl methyl sites for hydroxylation is 1. The van der Waals surface area contributed by atoms with Crippen LogP contribution in [-0.4, -0.2) is 52.5 Å². The third-order valence-electron chi connectivity index (χ3n) is 4.54. The van der Waals surface area contributed by atoms with Gasteiger partial charge in [-0.2, -0.15) is 10.4 Å². The third-order valence-corrected chi connectivity index (χ3v) is 4.54. The van der Waals surface area contributed by atoms with Crippen molar-refractivity contribution < 1.29 is 9.84 Å². The number of benzene rings is 1. The van der Waals surface area contributed by atoms with Gasteiger partial charge in [-0.05, 0) is 56.6 Å². The summed E-state index contributed by atoms with van der Waals surface area (Å²) in [5.41, 5.74) is 2.80. The first-order chi connectivity index (χ1) is 12.1. The summed E-state index contributed by atoms with van der Waals surface area (Å²) >= 11 is 0. The van der Waals surface area contributed by atoms with E-state index >= 15 is 0 Å². The molecule has 1 aromatic heterocycles. The molecule has 1 saturated heterocycles. The van der Waals surface area contributed by atoms with Crippen molar-refractivity contribution in [1.82, 2.24) is 15.1 Å². The predicted molar refractivity (Wildman–Crippen MR) is 94.4 cm³/mol. The lowest BCUT2D eigenvalue weighted by Gasteiger charge is -2.33. The number of hydrogen-bond acceptors (Lipinski definition) is 5. The van der Waals surface area contributed by atoms with E-state index in [1.54, 1.807) is 24.3 Å². The van der Waals surface area contributed by atoms with Crippen LogP contribution in [0.4, 0.5) is 0 Å². The van der Waals surface area contributed by atoms with Crippen LogP contribution >= 0.6 is 0 Å². The Morgan fingerprint density at radius 3 is 2.92 bits per heavy atom. The van der Waals surface area contributed by atoms with Crippen LogP contribution in [0.25, 0.3) is 0 Å². The summed E-state index contributed by atoms with van der Waals surface area (Å²) in [6.07, 6.45) is 1.70. The molecule has 132 valence electrons. The number of rotatable bonds is 6. The molecule has 2 heterocycles. The summed E-state index contributed by atoms with van der Waals surface area (Å²) in [6.45, 7) is 4.76. The van der Waals surface area contributed by atoms with E-state index in [1.807, 2.05) is 6.92 Å². The first-order valence-electron chi connectivity index (χ1n) is 8.69. The number of aromatic amines is 1. The van der Waals surface area contributed by atoms with E-state index in [1.165, 1.54) is 0 Å². The molecule has 2 N–H and O–H groups in total. The maximum Gasteiger partial charge on any atom is 0.119 e. The summed E-state index contributed by atoms with van der Waals surface area (Å²) < 4.78 is 5.62. The molecule has 6 nitrogen and oxygen atoms in total. The molecule has 0 amide bonds. The molecule has 1 aliphatic rings. The first-order valence-corrected chi connectivity index (χ1v) is 8.69. The Morgan fingerprint density at radius 2 is 2.24 bits per heavy atom. The minimum Gasteiger partial charge on any atom is -0.491 e. The van der Waals surface area contributed by atoms with Gasteiger partial charge >= 0.3 is 0 Å². The number of ether oxygens (including phenoxy) is 1. The van der Waals surface area contributed by atoms with Crippen molar-refractivity contribution in [2.24, 2.45) is 0 Å². The van der Waals surface area contributed by atoms with Crippen molar-refractivity contribution in [3.05, 3.63) is 47.3 Å². The number of likely N-dealkylation sites (tertiary alicyclic amines) is 1. The van der Waals surface area contributed by atoms with Crippen LogP contribution in [-0.2, 0) is 0 Å². The molecule has 0 aliphatic carbocycles. The number of nitrogens with zero attached hydrogens (tertiary/aromatic N) is 3. The van der Waals surface area contributed by atoms with Crippen LogP contribution in [0.1, 0.15) is 35.7 Å². The number of nitriles is 1. The number of piperidine rings is 1. The van der Waals surface area contributed by atoms with Gasteiger partial charge in [-0.15, -0.1) is 0 Å². The second-order valence-corrected chi connectivity index (χ2v) is 6.68. The van der Waals surface area contributed by atoms with Crippen molar-refractivity contribution >= 4 is 0 Å². The number of hydrogen-bond donors (Lipinski definition) is 2. The number of β-amino-alcohol motifs (C(OH)–C–C–N with tert-alkyl or cyclic N) is 1. The lowest BCUT2D eigenvalue weighted by atomic mass is 9.94. The van der Waals surface area contributed by atoms with Crippen LogP contribution in [0, 0.1) is 18.3 Å². The highest BCUT2D eigenvalue weighted by Crippen LogP contribution is 2.26. The number of nitrogens with one attached hydrogen (secondary N) is 1. The van der Waals surface area contributed by atoms with Gasteiger partial charge in [-0.25, -0.2) is 0 Å². The quantitative estimate of drug-likeness (QED) is 0.842. The number of aliphatic hydroxyl groups is 1. The number of H-pyrrole nitrogens is 1. The molecule has 25 heavy (non-hydrogen) atoms. The zero-order valence-electron chi connectivity index (χ0n) is 14.5. The highest BCUT2D eigenvalue weighted by atomic mass is 16.5. The van der Waals surface area contributed by atoms with Gasteiger partial charge in [0.25, 0.3) is 0 Å². The largest absolute Gasteiger partial charge is 0.491 e. The zero-order chi connectivity index (χ0) is 17.6. The smallest absolute Gasteiger partial charge is 0.119 e. The van der Waals surface area contributed by atoms with Crippen molar-refractivity contribution in [2.75, 3.05) is 26.2 Å². The van der Waals surface area contributed by atoms with E-state index in [2.05, 4.69) is 27.2 Å². The molecule has 3 rings (SSSR count). The number of aromatic nitrogens is 2. The molecule has 0 radical (unpaired) electrons. The van der Waals surface area contributed by atoms with Crippen molar-refractivity contribution in [3.8, 4) is 11.8 Å². The minimum absolute atomic E-state index is 0.245. The fourth-order valence-corrected chi connectivity index (χ4v) is 3.28. The summed E-state index contributed by atoms with van der Waals surface area (Å²) in [6, 6.07) is 11.1. The predicted octanol–water partition coefficient (Wildman–Crippen LogP) is 2.21. The molecular formula is C19H24N4O2. The van der Waals surface area contributed by atoms with E-state index in [4.69, 9.17) is 10.00 Å². The zero-order valence-corrected chi connectivity index (χ0v) is 14.5. The summed E-state index contributed by atoms with van der Waals surface area (Å²) in [5, 5.41) is 26.5. The Bertz CT molecular complexity index is 720. The second kappa shape index (κ2) is 8.15. The van der Waals surface area contributed by atoms with E-state index in [9.17, 15) is 5.11 Å². The minimum atomic E-state index is -0.546. The molecule has 1 fully saturated rings. The van der Waals surface area contributed by atoms with Crippen molar-refractivity contribution in [3.63, 3.8) is 0 Å². The van der Waals surface area contributed by atoms with E-state index in [-0.39, 0.29) is 6.61 Å². The molecule has 1 aromatic carbocycles. The highest BCUT2D eigenvalue weighted by Gasteiger charge is 2.24. The van der Waals surface area contributed by atoms with Crippen LogP contribution in [0.2, 0.25) is 0 Å². The second-order valence-electron chi connectivity index (χ2n) is 6.68. The Hall–Kier alpha value is -2.36. The van der Waals surface area contributed by atoms with E-state index in [0.29, 0.717) is 23.8 Å². The third kappa shape index (κ3) is 4.81. The van der Waals surface area contributed by atoms with Gasteiger partial charge in [0.1, 0.15) is 18.5 Å². The van der Waals surface area contributed by atoms with Crippen molar-refractivity contribution in [1.29, 1.82) is 5.26 Å². The van der Waals surface area contributed by atoms with Crippen LogP contribution < -0.4 is 4.74 Å². The van der Waals surface area contributed by atoms with Gasteiger partial charge in [-0.3, -0.25) is 10.00 Å². The number of aliphatic hydroxyl groups excluding tert-OH is 1. The molecule has 0 bridgehead atoms. The van der Waals surface area contributed by atoms with E-state index in [0.717, 1.165) is 37.3 Å². The van der Waals surface area contributed by atoms with Gasteiger partial charge < -0.3 is 9.84 Å². The first kappa shape index (κ1) is 17.5. The van der Waals surface area contributed by atoms with Gasteiger partial charge in [0.05, 0.1) is 17.3 Å². The normalized spacial score (nSPS) is 19.3. The maximum absolute atomic E-state index is 10.3. The average molecular weight is 340 g/mol. The standard InChI is InChI=1S/C19H24N4O2/c1-14-9-19(22-21-14)16-3-2-8-23(11-16)12-17(24)13-25-18-6-4-15(10-20)5-7-18/h4-7,9,16-17,24H,2-3,8,11-13H2,1H3,(H,21,22)/t16-,17-/m1/s1. The topological polar surface area (TPSA) is 85.2 Å². The molecule has 0 unspecified atom stereocenters. The van der Waals surface area contributed by atoms with Crippen LogP contribution in [0.15, 0.2) is 30.3 Å². The highest BCUT2D eigenvalue weighted by molar-refractivity contribution is 5.34.